The van der Waals surface area contributed by atoms with Gasteiger partial charge < -0.3 is 125 Å². The van der Waals surface area contributed by atoms with E-state index in [1.165, 1.54) is 0 Å². The van der Waals surface area contributed by atoms with Gasteiger partial charge in [0.25, 0.3) is 0 Å². The minimum Gasteiger partial charge on any atom is -0.396 e. The molecule has 0 radical (unpaired) electrons. The molecule has 28 heteroatoms. The van der Waals surface area contributed by atoms with Crippen LogP contribution in [0.5, 0.6) is 0 Å². The lowest BCUT2D eigenvalue weighted by atomic mass is 9.94. The molecule has 4 aliphatic rings. The average Bonchev–Trinajstić information content (AvgIpc) is 3.21. The highest BCUT2D eigenvalue weighted by atomic mass is 32.1. The van der Waals surface area contributed by atoms with Crippen LogP contribution >= 0.6 is 12.6 Å². The Bertz CT molecular complexity index is 1380. The van der Waals surface area contributed by atoms with Crippen molar-refractivity contribution in [3.63, 3.8) is 0 Å². The van der Waals surface area contributed by atoms with Crippen molar-refractivity contribution in [2.45, 2.75) is 167 Å². The molecule has 4 fully saturated rings. The molecular weight excluding hydrogens is 856 g/mol. The Morgan fingerprint density at radius 3 is 1.59 bits per heavy atom. The van der Waals surface area contributed by atoms with Gasteiger partial charge >= 0.3 is 0 Å². The fourth-order valence-corrected chi connectivity index (χ4v) is 7.54. The molecule has 4 heterocycles. The van der Waals surface area contributed by atoms with Crippen LogP contribution in [-0.4, -0.2) is 261 Å². The number of carbonyl (C=O) groups is 2. The van der Waals surface area contributed by atoms with Crippen LogP contribution in [0.15, 0.2) is 0 Å². The first-order chi connectivity index (χ1) is 28.7. The molecule has 0 aliphatic carbocycles. The summed E-state index contributed by atoms with van der Waals surface area (Å²) in [5.41, 5.74) is -1.14. The molecule has 0 saturated carbocycles. The van der Waals surface area contributed by atoms with Gasteiger partial charge in [0.05, 0.1) is 32.0 Å². The van der Waals surface area contributed by atoms with Crippen molar-refractivity contribution >= 4 is 24.4 Å². The number of ether oxygens (including phenoxy) is 8. The molecule has 27 nitrogen and oxygen atoms in total. The summed E-state index contributed by atoms with van der Waals surface area (Å²) >= 11 is 4.21. The predicted octanol–water partition coefficient (Wildman–Crippen LogP) is -10.8. The first-order valence-electron chi connectivity index (χ1n) is 19.1. The lowest BCUT2D eigenvalue weighted by Crippen LogP contribution is -2.70. The monoisotopic (exact) mass is 914 g/mol. The summed E-state index contributed by atoms with van der Waals surface area (Å²) in [6.45, 7) is -1.18. The van der Waals surface area contributed by atoms with Gasteiger partial charge in [0.2, 0.25) is 11.8 Å². The van der Waals surface area contributed by atoms with Crippen LogP contribution in [0.1, 0.15) is 20.3 Å². The summed E-state index contributed by atoms with van der Waals surface area (Å²) in [6.07, 6.45) is -42.1. The number of thiol groups is 1. The zero-order valence-electron chi connectivity index (χ0n) is 32.6. The van der Waals surface area contributed by atoms with E-state index in [2.05, 4.69) is 23.3 Å². The van der Waals surface area contributed by atoms with E-state index in [1.807, 2.05) is 0 Å². The van der Waals surface area contributed by atoms with E-state index < -0.39 is 191 Å². The van der Waals surface area contributed by atoms with Crippen LogP contribution in [0.4, 0.5) is 0 Å². The Morgan fingerprint density at radius 1 is 0.557 bits per heavy atom. The molecule has 4 rings (SSSR count). The number of aliphatic hydroxyl groups excluding tert-OH is 15. The van der Waals surface area contributed by atoms with Gasteiger partial charge in [-0.2, -0.15) is 0 Å². The van der Waals surface area contributed by atoms with Gasteiger partial charge in [-0.25, -0.2) is 0 Å². The maximum Gasteiger partial charge on any atom is 0.217 e. The second kappa shape index (κ2) is 23.0. The van der Waals surface area contributed by atoms with Crippen LogP contribution < -0.4 is 10.6 Å². The summed E-state index contributed by atoms with van der Waals surface area (Å²) in [5.74, 6) is -1.40. The normalized spacial score (nSPS) is 44.1. The zero-order chi connectivity index (χ0) is 45.6. The number of rotatable bonds is 18. The second-order valence-electron chi connectivity index (χ2n) is 14.8. The van der Waals surface area contributed by atoms with Crippen LogP contribution in [0, 0.1) is 0 Å². The molecule has 4 saturated heterocycles. The third-order valence-electron chi connectivity index (χ3n) is 10.4. The number of aliphatic hydroxyl groups is 15. The topological polar surface area (TPSA) is 435 Å². The summed E-state index contributed by atoms with van der Waals surface area (Å²) in [4.78, 5) is 24.3. The minimum absolute atomic E-state index is 0.460. The Morgan fingerprint density at radius 2 is 1.03 bits per heavy atom. The van der Waals surface area contributed by atoms with E-state index in [0.717, 1.165) is 13.8 Å². The maximum atomic E-state index is 12.4. The highest BCUT2D eigenvalue weighted by Gasteiger charge is 2.56. The Balaban J connectivity index is 1.64. The molecule has 0 aromatic heterocycles. The number of amides is 2. The predicted molar refractivity (Wildman–Crippen MR) is 194 cm³/mol. The van der Waals surface area contributed by atoms with Crippen molar-refractivity contribution in [2.24, 2.45) is 0 Å². The molecule has 0 aromatic rings. The first kappa shape index (κ1) is 52.0. The zero-order valence-corrected chi connectivity index (χ0v) is 33.5. The SMILES string of the molecule is CC(=O)NC1C(S)OC(CO)C(OC2OC(CO)C(OC3OC(OC(O)C(O)C(O)C(O)CCO)C(O)C(OC4OC(CO)C(O)C(O)C4O)C3O)C(O)C2NC(C)=O)C1O. The van der Waals surface area contributed by atoms with Crippen molar-refractivity contribution in [1.29, 1.82) is 0 Å². The Labute approximate surface area is 352 Å². The molecule has 356 valence electrons. The van der Waals surface area contributed by atoms with Gasteiger partial charge in [0, 0.05) is 20.5 Å². The second-order valence-corrected chi connectivity index (χ2v) is 15.4. The third kappa shape index (κ3) is 12.2. The molecule has 0 spiro atoms. The fourth-order valence-electron chi connectivity index (χ4n) is 7.13. The summed E-state index contributed by atoms with van der Waals surface area (Å²) < 4.78 is 45.0. The van der Waals surface area contributed by atoms with E-state index in [9.17, 15) is 81.1 Å². The van der Waals surface area contributed by atoms with Gasteiger partial charge in [0.1, 0.15) is 103 Å². The number of hydrogen-bond acceptors (Lipinski definition) is 26. The van der Waals surface area contributed by atoms with Gasteiger partial charge in [-0.05, 0) is 6.42 Å². The molecule has 24 atom stereocenters. The standard InChI is InChI=1S/C33H58N2O25S/c1-8(40)34-14-18(45)25(12(6-38)54-29(14)56-26-13(7-39)55-33(61)15(19(26)46)35-9(2)41)57-31-23(50)27(58-30-22(49)20(47)17(44)11(5-37)53-30)24(51)32(60-31)59-28(52)21(48)16(43)10(42)3-4-36/h10-33,36-39,42-52,61H,3-7H2,1-2H3,(H,34,40)(H,35,41). The Kier molecular flexibility index (Phi) is 19.6. The van der Waals surface area contributed by atoms with Crippen LogP contribution in [0.2, 0.25) is 0 Å². The van der Waals surface area contributed by atoms with Gasteiger partial charge in [-0.15, -0.1) is 12.6 Å². The van der Waals surface area contributed by atoms with Crippen LogP contribution in [0.25, 0.3) is 0 Å². The summed E-state index contributed by atoms with van der Waals surface area (Å²) in [7, 11) is 0. The average molecular weight is 915 g/mol. The minimum atomic E-state index is -2.53. The van der Waals surface area contributed by atoms with E-state index in [1.54, 1.807) is 0 Å². The molecule has 0 aromatic carbocycles. The first-order valence-corrected chi connectivity index (χ1v) is 19.6. The van der Waals surface area contributed by atoms with Gasteiger partial charge in [0.15, 0.2) is 31.5 Å². The molecule has 61 heavy (non-hydrogen) atoms. The van der Waals surface area contributed by atoms with Crippen molar-refractivity contribution in [1.82, 2.24) is 10.6 Å². The maximum absolute atomic E-state index is 12.4. The van der Waals surface area contributed by atoms with E-state index in [0.29, 0.717) is 0 Å². The summed E-state index contributed by atoms with van der Waals surface area (Å²) in [5, 5.41) is 162. The lowest BCUT2D eigenvalue weighted by Gasteiger charge is -2.50. The third-order valence-corrected chi connectivity index (χ3v) is 10.9. The van der Waals surface area contributed by atoms with E-state index in [-0.39, 0.29) is 0 Å². The van der Waals surface area contributed by atoms with Gasteiger partial charge in [-0.1, -0.05) is 0 Å². The number of hydrogen-bond donors (Lipinski definition) is 18. The van der Waals surface area contributed by atoms with Crippen molar-refractivity contribution in [3.05, 3.63) is 0 Å². The van der Waals surface area contributed by atoms with Crippen molar-refractivity contribution < 1.29 is 124 Å². The lowest BCUT2D eigenvalue weighted by molar-refractivity contribution is -0.414. The van der Waals surface area contributed by atoms with Crippen molar-refractivity contribution in [2.75, 3.05) is 26.4 Å². The molecular formula is C33H58N2O25S. The van der Waals surface area contributed by atoms with Crippen LogP contribution in [0.3, 0.4) is 0 Å². The highest BCUT2D eigenvalue weighted by Crippen LogP contribution is 2.35. The quantitative estimate of drug-likeness (QED) is 0.0448. The van der Waals surface area contributed by atoms with Gasteiger partial charge in [-0.3, -0.25) is 9.59 Å². The molecule has 4 aliphatic heterocycles. The van der Waals surface area contributed by atoms with Crippen LogP contribution in [-0.2, 0) is 47.5 Å². The highest BCUT2D eigenvalue weighted by molar-refractivity contribution is 7.80. The number of carbonyl (C=O) groups excluding carboxylic acids is 2. The fraction of sp³-hybridized carbons (Fsp3) is 0.939. The summed E-state index contributed by atoms with van der Waals surface area (Å²) in [6, 6.07) is -2.90. The number of nitrogens with one attached hydrogen (secondary N) is 2. The molecule has 2 amide bonds. The van der Waals surface area contributed by atoms with E-state index >= 15 is 0 Å². The molecule has 24 unspecified atom stereocenters. The molecule has 17 N–H and O–H groups in total. The van der Waals surface area contributed by atoms with E-state index in [4.69, 9.17) is 43.0 Å². The largest absolute Gasteiger partial charge is 0.396 e. The van der Waals surface area contributed by atoms with Crippen molar-refractivity contribution in [3.8, 4) is 0 Å². The smallest absolute Gasteiger partial charge is 0.217 e. The molecule has 0 bridgehead atoms. The Hall–Kier alpha value is -1.63.